The molecule has 3 heteroatoms. The molecule has 0 spiro atoms. The summed E-state index contributed by atoms with van der Waals surface area (Å²) in [6.45, 7) is 4.97. The summed E-state index contributed by atoms with van der Waals surface area (Å²) < 4.78 is 26.1. The number of halogens is 1. The molecule has 2 nitrogen and oxygen atoms in total. The van der Waals surface area contributed by atoms with Gasteiger partial charge in [0, 0.05) is 6.07 Å². The van der Waals surface area contributed by atoms with E-state index in [1.807, 2.05) is 6.07 Å². The first-order valence-electron chi connectivity index (χ1n) is 10.3. The molecule has 0 amide bonds. The Kier molecular flexibility index (Phi) is 6.61. The van der Waals surface area contributed by atoms with E-state index in [4.69, 9.17) is 9.47 Å². The molecule has 0 N–H and O–H groups in total. The zero-order valence-electron chi connectivity index (χ0n) is 15.9. The third-order valence-electron chi connectivity index (χ3n) is 5.96. The summed E-state index contributed by atoms with van der Waals surface area (Å²) >= 11 is 0. The average Bonchev–Trinajstić information content (AvgIpc) is 2.63. The molecule has 140 valence electrons. The molecule has 0 bridgehead atoms. The van der Waals surface area contributed by atoms with E-state index in [2.05, 4.69) is 13.8 Å². The highest BCUT2D eigenvalue weighted by molar-refractivity contribution is 5.43. The number of aryl methyl sites for hydroxylation is 1. The Morgan fingerprint density at radius 3 is 2.60 bits per heavy atom. The summed E-state index contributed by atoms with van der Waals surface area (Å²) in [5, 5.41) is 0. The standard InChI is InChI=1S/C22H33FO2/c1-3-5-13-24-22-14-18-11-12-20(25-21(18)15-19(22)23)17-9-7-16(6-4-2)8-10-17/h14-17,20H,3-13H2,1-2H3. The van der Waals surface area contributed by atoms with Crippen LogP contribution in [-0.4, -0.2) is 12.7 Å². The Labute approximate surface area is 152 Å². The SMILES string of the molecule is CCCCOc1cc2c(cc1F)OC(C1CCC(CCC)CC1)CC2. The molecule has 1 aromatic carbocycles. The summed E-state index contributed by atoms with van der Waals surface area (Å²) in [5.41, 5.74) is 1.10. The number of benzene rings is 1. The van der Waals surface area contributed by atoms with E-state index in [0.717, 1.165) is 42.9 Å². The molecule has 1 aliphatic heterocycles. The number of ether oxygens (including phenoxy) is 2. The number of hydrogen-bond donors (Lipinski definition) is 0. The first-order valence-corrected chi connectivity index (χ1v) is 10.3. The largest absolute Gasteiger partial charge is 0.491 e. The van der Waals surface area contributed by atoms with Crippen LogP contribution in [0.1, 0.15) is 77.2 Å². The van der Waals surface area contributed by atoms with Crippen molar-refractivity contribution in [2.75, 3.05) is 6.61 Å². The summed E-state index contributed by atoms with van der Waals surface area (Å²) in [7, 11) is 0. The summed E-state index contributed by atoms with van der Waals surface area (Å²) in [4.78, 5) is 0. The fourth-order valence-electron chi connectivity index (χ4n) is 4.43. The van der Waals surface area contributed by atoms with Gasteiger partial charge in [-0.15, -0.1) is 0 Å². The molecule has 1 aliphatic carbocycles. The highest BCUT2D eigenvalue weighted by atomic mass is 19.1. The lowest BCUT2D eigenvalue weighted by Gasteiger charge is -2.36. The molecule has 1 heterocycles. The zero-order chi connectivity index (χ0) is 17.6. The second-order valence-corrected chi connectivity index (χ2v) is 7.86. The molecule has 1 atom stereocenters. The molecule has 25 heavy (non-hydrogen) atoms. The van der Waals surface area contributed by atoms with Crippen LogP contribution in [0, 0.1) is 17.7 Å². The van der Waals surface area contributed by atoms with E-state index in [1.54, 1.807) is 6.07 Å². The van der Waals surface area contributed by atoms with Gasteiger partial charge in [0.25, 0.3) is 0 Å². The third-order valence-corrected chi connectivity index (χ3v) is 5.96. The van der Waals surface area contributed by atoms with Crippen molar-refractivity contribution in [2.24, 2.45) is 11.8 Å². The van der Waals surface area contributed by atoms with Gasteiger partial charge in [0.15, 0.2) is 11.6 Å². The van der Waals surface area contributed by atoms with Gasteiger partial charge in [0.2, 0.25) is 0 Å². The smallest absolute Gasteiger partial charge is 0.168 e. The first-order chi connectivity index (χ1) is 12.2. The van der Waals surface area contributed by atoms with Crippen molar-refractivity contribution in [1.82, 2.24) is 0 Å². The van der Waals surface area contributed by atoms with Crippen molar-refractivity contribution in [3.8, 4) is 11.5 Å². The first kappa shape index (κ1) is 18.5. The lowest BCUT2D eigenvalue weighted by atomic mass is 9.76. The molecule has 2 aliphatic rings. The van der Waals surface area contributed by atoms with Crippen LogP contribution >= 0.6 is 0 Å². The van der Waals surface area contributed by atoms with Gasteiger partial charge < -0.3 is 9.47 Å². The van der Waals surface area contributed by atoms with Crippen molar-refractivity contribution < 1.29 is 13.9 Å². The summed E-state index contributed by atoms with van der Waals surface area (Å²) in [6.07, 6.45) is 12.2. The van der Waals surface area contributed by atoms with Gasteiger partial charge in [-0.05, 0) is 55.6 Å². The van der Waals surface area contributed by atoms with Crippen LogP contribution in [-0.2, 0) is 6.42 Å². The molecular weight excluding hydrogens is 315 g/mol. The molecule has 1 aromatic rings. The predicted octanol–water partition coefficient (Wildman–Crippen LogP) is 6.30. The maximum atomic E-state index is 14.3. The highest BCUT2D eigenvalue weighted by Crippen LogP contribution is 2.40. The zero-order valence-corrected chi connectivity index (χ0v) is 15.9. The quantitative estimate of drug-likeness (QED) is 0.538. The highest BCUT2D eigenvalue weighted by Gasteiger charge is 2.31. The van der Waals surface area contributed by atoms with Gasteiger partial charge in [-0.3, -0.25) is 0 Å². The maximum Gasteiger partial charge on any atom is 0.168 e. The number of unbranched alkanes of at least 4 members (excludes halogenated alkanes) is 1. The Bertz CT molecular complexity index is 549. The average molecular weight is 349 g/mol. The van der Waals surface area contributed by atoms with Crippen LogP contribution in [0.5, 0.6) is 11.5 Å². The van der Waals surface area contributed by atoms with E-state index >= 15 is 0 Å². The Morgan fingerprint density at radius 2 is 1.88 bits per heavy atom. The van der Waals surface area contributed by atoms with Crippen molar-refractivity contribution in [2.45, 2.75) is 84.2 Å². The maximum absolute atomic E-state index is 14.3. The van der Waals surface area contributed by atoms with Gasteiger partial charge in [-0.2, -0.15) is 0 Å². The van der Waals surface area contributed by atoms with Crippen LogP contribution in [0.4, 0.5) is 4.39 Å². The summed E-state index contributed by atoms with van der Waals surface area (Å²) in [6, 6.07) is 3.40. The number of rotatable bonds is 7. The van der Waals surface area contributed by atoms with Crippen molar-refractivity contribution in [3.05, 3.63) is 23.5 Å². The molecule has 3 rings (SSSR count). The van der Waals surface area contributed by atoms with E-state index in [1.165, 1.54) is 38.5 Å². The van der Waals surface area contributed by atoms with Crippen molar-refractivity contribution in [1.29, 1.82) is 0 Å². The lowest BCUT2D eigenvalue weighted by Crippen LogP contribution is -2.33. The molecule has 1 fully saturated rings. The fourth-order valence-corrected chi connectivity index (χ4v) is 4.43. The lowest BCUT2D eigenvalue weighted by molar-refractivity contribution is 0.0752. The topological polar surface area (TPSA) is 18.5 Å². The minimum absolute atomic E-state index is 0.265. The van der Waals surface area contributed by atoms with Crippen molar-refractivity contribution >= 4 is 0 Å². The monoisotopic (exact) mass is 348 g/mol. The van der Waals surface area contributed by atoms with E-state index in [9.17, 15) is 4.39 Å². The third kappa shape index (κ3) is 4.68. The van der Waals surface area contributed by atoms with Gasteiger partial charge in [-0.25, -0.2) is 4.39 Å². The summed E-state index contributed by atoms with van der Waals surface area (Å²) in [5.74, 6) is 2.39. The van der Waals surface area contributed by atoms with Crippen LogP contribution in [0.3, 0.4) is 0 Å². The minimum Gasteiger partial charge on any atom is -0.491 e. The van der Waals surface area contributed by atoms with Crippen LogP contribution in [0.25, 0.3) is 0 Å². The van der Waals surface area contributed by atoms with E-state index in [-0.39, 0.29) is 11.9 Å². The molecule has 0 aromatic heterocycles. The van der Waals surface area contributed by atoms with Gasteiger partial charge in [0.05, 0.1) is 6.61 Å². The molecular formula is C22H33FO2. The van der Waals surface area contributed by atoms with Crippen LogP contribution in [0.15, 0.2) is 12.1 Å². The Morgan fingerprint density at radius 1 is 1.08 bits per heavy atom. The molecule has 0 saturated heterocycles. The number of hydrogen-bond acceptors (Lipinski definition) is 2. The Hall–Kier alpha value is -1.25. The molecule has 0 radical (unpaired) electrons. The second-order valence-electron chi connectivity index (χ2n) is 7.86. The molecule has 1 saturated carbocycles. The fraction of sp³-hybridized carbons (Fsp3) is 0.727. The van der Waals surface area contributed by atoms with Gasteiger partial charge >= 0.3 is 0 Å². The second kappa shape index (κ2) is 8.91. The van der Waals surface area contributed by atoms with Gasteiger partial charge in [0.1, 0.15) is 11.9 Å². The Balaban J connectivity index is 1.59. The van der Waals surface area contributed by atoms with Crippen LogP contribution < -0.4 is 9.47 Å². The van der Waals surface area contributed by atoms with Crippen LogP contribution in [0.2, 0.25) is 0 Å². The minimum atomic E-state index is -0.290. The van der Waals surface area contributed by atoms with E-state index in [0.29, 0.717) is 18.3 Å². The van der Waals surface area contributed by atoms with Crippen molar-refractivity contribution in [3.63, 3.8) is 0 Å². The van der Waals surface area contributed by atoms with E-state index < -0.39 is 0 Å². The predicted molar refractivity (Wildman–Crippen MR) is 99.9 cm³/mol. The normalized spacial score (nSPS) is 26.0. The van der Waals surface area contributed by atoms with Gasteiger partial charge in [-0.1, -0.05) is 46.0 Å². The molecule has 1 unspecified atom stereocenters. The number of fused-ring (bicyclic) bond motifs is 1.